The summed E-state index contributed by atoms with van der Waals surface area (Å²) in [7, 11) is 0. The van der Waals surface area contributed by atoms with Crippen LogP contribution in [0.5, 0.6) is 0 Å². The zero-order chi connectivity index (χ0) is 40.1. The average molecular weight is 795 g/mol. The molecule has 13 rings (SSSR count). The van der Waals surface area contributed by atoms with Crippen molar-refractivity contribution in [1.29, 1.82) is 0 Å². The molecule has 4 nitrogen and oxygen atoms in total. The lowest BCUT2D eigenvalue weighted by Gasteiger charge is -2.39. The fraction of sp³-hybridized carbons (Fsp3) is 0.0179. The van der Waals surface area contributed by atoms with Crippen LogP contribution in [0, 0.1) is 0 Å². The second kappa shape index (κ2) is 13.2. The smallest absolute Gasteiger partial charge is 0.164 e. The fourth-order valence-electron chi connectivity index (χ4n) is 10.2. The molecule has 1 aliphatic heterocycles. The zero-order valence-electron chi connectivity index (χ0n) is 32.8. The van der Waals surface area contributed by atoms with Crippen LogP contribution < -0.4 is 0 Å². The highest BCUT2D eigenvalue weighted by Gasteiger charge is 2.50. The molecule has 0 fully saturated rings. The van der Waals surface area contributed by atoms with Gasteiger partial charge in [-0.1, -0.05) is 182 Å². The first kappa shape index (κ1) is 34.3. The van der Waals surface area contributed by atoms with Crippen molar-refractivity contribution in [2.75, 3.05) is 0 Å². The molecule has 2 aromatic heterocycles. The molecule has 0 amide bonds. The molecule has 3 heterocycles. The molecule has 0 bridgehead atoms. The van der Waals surface area contributed by atoms with E-state index in [1.54, 1.807) is 0 Å². The fourth-order valence-corrected chi connectivity index (χ4v) is 11.4. The minimum atomic E-state index is -0.443. The first-order valence-corrected chi connectivity index (χ1v) is 21.5. The Kier molecular flexibility index (Phi) is 7.42. The molecule has 61 heavy (non-hydrogen) atoms. The number of fused-ring (bicyclic) bond motifs is 14. The molecule has 0 atom stereocenters. The first-order chi connectivity index (χ1) is 30.2. The predicted octanol–water partition coefficient (Wildman–Crippen LogP) is 14.0. The number of rotatable bonds is 4. The third-order valence-corrected chi connectivity index (χ3v) is 13.8. The van der Waals surface area contributed by atoms with Crippen LogP contribution in [0.25, 0.3) is 83.6 Å². The summed E-state index contributed by atoms with van der Waals surface area (Å²) >= 11 is 1.83. The van der Waals surface area contributed by atoms with E-state index in [-0.39, 0.29) is 0 Å². The summed E-state index contributed by atoms with van der Waals surface area (Å²) in [6, 6.07) is 74.3. The second-order valence-electron chi connectivity index (χ2n) is 15.9. The summed E-state index contributed by atoms with van der Waals surface area (Å²) in [5.41, 5.74) is 13.6. The molecule has 11 aromatic rings. The van der Waals surface area contributed by atoms with Gasteiger partial charge in [0.2, 0.25) is 0 Å². The van der Waals surface area contributed by atoms with Crippen molar-refractivity contribution in [3.63, 3.8) is 0 Å². The Balaban J connectivity index is 0.998. The van der Waals surface area contributed by atoms with Gasteiger partial charge in [0.1, 0.15) is 0 Å². The van der Waals surface area contributed by atoms with Gasteiger partial charge in [-0.25, -0.2) is 15.0 Å². The second-order valence-corrected chi connectivity index (χ2v) is 17.0. The highest BCUT2D eigenvalue weighted by Crippen LogP contribution is 2.62. The van der Waals surface area contributed by atoms with Crippen molar-refractivity contribution >= 4 is 44.3 Å². The Labute approximate surface area is 356 Å². The SMILES string of the molecule is c1ccc(-c2nc(-c3cccc(-n4c5ccccc5c5c6ccccc6ccc54)c3)nc(-c3ccc4c(c3)Sc3ccccc3C43c4ccccc4-c4ccccc43)n2)cc1. The van der Waals surface area contributed by atoms with E-state index >= 15 is 0 Å². The lowest BCUT2D eigenvalue weighted by molar-refractivity contribution is 0.722. The molecular weight excluding hydrogens is 761 g/mol. The van der Waals surface area contributed by atoms with Gasteiger partial charge in [0, 0.05) is 42.9 Å². The number of hydrogen-bond acceptors (Lipinski definition) is 4. The maximum atomic E-state index is 5.30. The number of aromatic nitrogens is 4. The summed E-state index contributed by atoms with van der Waals surface area (Å²) in [6.45, 7) is 0. The number of benzene rings is 9. The normalized spacial score (nSPS) is 13.3. The predicted molar refractivity (Wildman–Crippen MR) is 249 cm³/mol. The maximum absolute atomic E-state index is 5.30. The van der Waals surface area contributed by atoms with E-state index in [1.807, 2.05) is 30.0 Å². The Morgan fingerprint density at radius 2 is 0.967 bits per heavy atom. The quantitative estimate of drug-likeness (QED) is 0.178. The van der Waals surface area contributed by atoms with Crippen molar-refractivity contribution in [1.82, 2.24) is 19.5 Å². The Morgan fingerprint density at radius 1 is 0.377 bits per heavy atom. The summed E-state index contributed by atoms with van der Waals surface area (Å²) in [6.07, 6.45) is 0. The van der Waals surface area contributed by atoms with Gasteiger partial charge in [0.15, 0.2) is 17.5 Å². The minimum Gasteiger partial charge on any atom is -0.309 e. The molecule has 1 aliphatic carbocycles. The van der Waals surface area contributed by atoms with Crippen molar-refractivity contribution in [3.8, 4) is 51.0 Å². The van der Waals surface area contributed by atoms with Gasteiger partial charge in [-0.2, -0.15) is 0 Å². The molecule has 0 saturated heterocycles. The molecule has 2 aliphatic rings. The third kappa shape index (κ3) is 4.99. The molecule has 0 radical (unpaired) electrons. The van der Waals surface area contributed by atoms with Crippen molar-refractivity contribution in [3.05, 3.63) is 229 Å². The van der Waals surface area contributed by atoms with Gasteiger partial charge in [0.25, 0.3) is 0 Å². The zero-order valence-corrected chi connectivity index (χ0v) is 33.6. The maximum Gasteiger partial charge on any atom is 0.164 e. The number of nitrogens with zero attached hydrogens (tertiary/aromatic N) is 4. The molecule has 0 unspecified atom stereocenters. The Hall–Kier alpha value is -7.60. The summed E-state index contributed by atoms with van der Waals surface area (Å²) in [5, 5.41) is 4.97. The van der Waals surface area contributed by atoms with Gasteiger partial charge in [-0.3, -0.25) is 0 Å². The van der Waals surface area contributed by atoms with E-state index in [2.05, 4.69) is 193 Å². The van der Waals surface area contributed by atoms with Crippen LogP contribution in [-0.4, -0.2) is 19.5 Å². The lowest BCUT2D eigenvalue weighted by atomic mass is 9.67. The standard InChI is InChI=1S/C56H34N4S/c1-2-16-36(17-3-1)53-57-54(37-18-14-19-39(33-37)60-48-27-12-8-23-43(48)52-40-20-5-4-15-35(40)30-32-49(52)60)59-55(58-53)38-29-31-47-51(34-38)61-50-28-13-11-26-46(50)56(47)44-24-9-6-21-41(44)42-22-7-10-25-45(42)56/h1-34H. The van der Waals surface area contributed by atoms with Gasteiger partial charge < -0.3 is 4.57 Å². The molecule has 5 heteroatoms. The summed E-state index contributed by atoms with van der Waals surface area (Å²) < 4.78 is 2.37. The summed E-state index contributed by atoms with van der Waals surface area (Å²) in [4.78, 5) is 18.1. The van der Waals surface area contributed by atoms with Gasteiger partial charge >= 0.3 is 0 Å². The Morgan fingerprint density at radius 3 is 1.75 bits per heavy atom. The van der Waals surface area contributed by atoms with Crippen LogP contribution >= 0.6 is 11.8 Å². The van der Waals surface area contributed by atoms with Crippen LogP contribution in [0.3, 0.4) is 0 Å². The third-order valence-electron chi connectivity index (χ3n) is 12.7. The van der Waals surface area contributed by atoms with E-state index in [0.29, 0.717) is 17.5 Å². The largest absolute Gasteiger partial charge is 0.309 e. The van der Waals surface area contributed by atoms with E-state index in [4.69, 9.17) is 15.0 Å². The molecule has 1 spiro atoms. The van der Waals surface area contributed by atoms with E-state index in [1.165, 1.54) is 64.7 Å². The van der Waals surface area contributed by atoms with E-state index in [9.17, 15) is 0 Å². The first-order valence-electron chi connectivity index (χ1n) is 20.7. The number of hydrogen-bond donors (Lipinski definition) is 0. The van der Waals surface area contributed by atoms with Crippen molar-refractivity contribution in [2.24, 2.45) is 0 Å². The minimum absolute atomic E-state index is 0.443. The molecular formula is C56H34N4S. The lowest BCUT2D eigenvalue weighted by Crippen LogP contribution is -2.31. The molecule has 284 valence electrons. The highest BCUT2D eigenvalue weighted by atomic mass is 32.2. The van der Waals surface area contributed by atoms with Crippen molar-refractivity contribution in [2.45, 2.75) is 15.2 Å². The van der Waals surface area contributed by atoms with Crippen LogP contribution in [0.2, 0.25) is 0 Å². The molecule has 0 saturated carbocycles. The van der Waals surface area contributed by atoms with Gasteiger partial charge in [-0.05, 0) is 80.6 Å². The average Bonchev–Trinajstić information content (AvgIpc) is 3.83. The van der Waals surface area contributed by atoms with E-state index < -0.39 is 5.41 Å². The van der Waals surface area contributed by atoms with Crippen LogP contribution in [0.1, 0.15) is 22.3 Å². The van der Waals surface area contributed by atoms with Gasteiger partial charge in [-0.15, -0.1) is 0 Å². The van der Waals surface area contributed by atoms with Gasteiger partial charge in [0.05, 0.1) is 16.4 Å². The van der Waals surface area contributed by atoms with Crippen molar-refractivity contribution < 1.29 is 0 Å². The summed E-state index contributed by atoms with van der Waals surface area (Å²) in [5.74, 6) is 1.91. The highest BCUT2D eigenvalue weighted by molar-refractivity contribution is 7.99. The topological polar surface area (TPSA) is 43.6 Å². The monoisotopic (exact) mass is 794 g/mol. The molecule has 0 N–H and O–H groups in total. The van der Waals surface area contributed by atoms with Crippen LogP contribution in [0.15, 0.2) is 216 Å². The van der Waals surface area contributed by atoms with Crippen LogP contribution in [0.4, 0.5) is 0 Å². The van der Waals surface area contributed by atoms with Crippen LogP contribution in [-0.2, 0) is 5.41 Å². The van der Waals surface area contributed by atoms with E-state index in [0.717, 1.165) is 33.4 Å². The molecule has 9 aromatic carbocycles. The number of para-hydroxylation sites is 1. The Bertz CT molecular complexity index is 3540.